The minimum Gasteiger partial charge on any atom is -0.373 e. The van der Waals surface area contributed by atoms with Gasteiger partial charge in [0, 0.05) is 19.3 Å². The fraction of sp³-hybridized carbons (Fsp3) is 0.636. The van der Waals surface area contributed by atoms with E-state index in [4.69, 9.17) is 4.74 Å². The van der Waals surface area contributed by atoms with Crippen molar-refractivity contribution in [2.45, 2.75) is 32.3 Å². The highest BCUT2D eigenvalue weighted by atomic mass is 16.5. The molecular weight excluding hydrogens is 190 g/mol. The van der Waals surface area contributed by atoms with Crippen LogP contribution in [0, 0.1) is 6.92 Å². The first-order valence-electron chi connectivity index (χ1n) is 5.35. The van der Waals surface area contributed by atoms with Crippen molar-refractivity contribution in [3.63, 3.8) is 0 Å². The number of hydrogen-bond donors (Lipinski definition) is 1. The number of nitrogens with zero attached hydrogens (tertiary/aromatic N) is 2. The average Bonchev–Trinajstić information content (AvgIpc) is 2.63. The van der Waals surface area contributed by atoms with Gasteiger partial charge in [0.05, 0.1) is 5.60 Å². The Kier molecular flexibility index (Phi) is 2.86. The fourth-order valence-corrected chi connectivity index (χ4v) is 1.81. The molecule has 1 N–H and O–H groups in total. The van der Waals surface area contributed by atoms with E-state index in [-0.39, 0.29) is 5.60 Å². The van der Waals surface area contributed by atoms with E-state index in [1.165, 1.54) is 0 Å². The highest BCUT2D eigenvalue weighted by Gasteiger charge is 2.29. The highest BCUT2D eigenvalue weighted by molar-refractivity contribution is 5.33. The van der Waals surface area contributed by atoms with Crippen molar-refractivity contribution in [3.05, 3.63) is 18.1 Å². The van der Waals surface area contributed by atoms with Gasteiger partial charge in [0.25, 0.3) is 0 Å². The maximum atomic E-state index is 5.69. The van der Waals surface area contributed by atoms with E-state index in [0.29, 0.717) is 0 Å². The molecule has 0 aromatic carbocycles. The molecule has 1 unspecified atom stereocenters. The van der Waals surface area contributed by atoms with E-state index >= 15 is 0 Å². The lowest BCUT2D eigenvalue weighted by molar-refractivity contribution is 0.0314. The molecule has 1 atom stereocenters. The summed E-state index contributed by atoms with van der Waals surface area (Å²) in [6, 6.07) is 1.88. The summed E-state index contributed by atoms with van der Waals surface area (Å²) in [6.45, 7) is 5.71. The number of aromatic nitrogens is 2. The zero-order valence-corrected chi connectivity index (χ0v) is 9.29. The second-order valence-corrected chi connectivity index (χ2v) is 4.24. The monoisotopic (exact) mass is 207 g/mol. The van der Waals surface area contributed by atoms with Gasteiger partial charge in [-0.3, -0.25) is 0 Å². The van der Waals surface area contributed by atoms with Crippen molar-refractivity contribution < 1.29 is 4.74 Å². The Morgan fingerprint density at radius 3 is 3.13 bits per heavy atom. The van der Waals surface area contributed by atoms with Gasteiger partial charge in [-0.25, -0.2) is 9.97 Å². The molecule has 4 nitrogen and oxygen atoms in total. The van der Waals surface area contributed by atoms with E-state index < -0.39 is 0 Å². The summed E-state index contributed by atoms with van der Waals surface area (Å²) in [6.07, 6.45) is 4.04. The molecule has 82 valence electrons. The zero-order chi connectivity index (χ0) is 10.7. The number of anilines is 1. The third-order valence-corrected chi connectivity index (χ3v) is 2.72. The summed E-state index contributed by atoms with van der Waals surface area (Å²) in [5.74, 6) is 1.66. The lowest BCUT2D eigenvalue weighted by Gasteiger charge is -2.23. The molecule has 0 amide bonds. The molecule has 0 saturated carbocycles. The molecule has 0 aliphatic carbocycles. The number of hydrogen-bond acceptors (Lipinski definition) is 4. The molecule has 1 aromatic rings. The number of rotatable bonds is 3. The van der Waals surface area contributed by atoms with Crippen LogP contribution in [0.4, 0.5) is 5.82 Å². The Morgan fingerprint density at radius 1 is 1.60 bits per heavy atom. The van der Waals surface area contributed by atoms with Crippen molar-refractivity contribution in [3.8, 4) is 0 Å². The molecule has 2 heterocycles. The first kappa shape index (κ1) is 10.4. The highest BCUT2D eigenvalue weighted by Crippen LogP contribution is 2.24. The Labute approximate surface area is 90.1 Å². The van der Waals surface area contributed by atoms with Crippen LogP contribution in [0.25, 0.3) is 0 Å². The van der Waals surface area contributed by atoms with Crippen molar-refractivity contribution in [2.75, 3.05) is 18.5 Å². The number of aryl methyl sites for hydroxylation is 1. The predicted octanol–water partition coefficient (Wildman–Crippen LogP) is 1.77. The molecule has 1 aliphatic heterocycles. The fourth-order valence-electron chi connectivity index (χ4n) is 1.81. The summed E-state index contributed by atoms with van der Waals surface area (Å²) in [5, 5.41) is 3.29. The van der Waals surface area contributed by atoms with Crippen LogP contribution in [-0.2, 0) is 4.74 Å². The van der Waals surface area contributed by atoms with E-state index in [0.717, 1.165) is 37.6 Å². The van der Waals surface area contributed by atoms with Crippen LogP contribution in [0.1, 0.15) is 25.6 Å². The topological polar surface area (TPSA) is 47.0 Å². The van der Waals surface area contributed by atoms with Crippen LogP contribution in [0.3, 0.4) is 0 Å². The van der Waals surface area contributed by atoms with Gasteiger partial charge in [-0.05, 0) is 32.8 Å². The van der Waals surface area contributed by atoms with Crippen molar-refractivity contribution in [2.24, 2.45) is 0 Å². The third-order valence-electron chi connectivity index (χ3n) is 2.72. The van der Waals surface area contributed by atoms with Gasteiger partial charge in [-0.2, -0.15) is 0 Å². The Bertz CT molecular complexity index is 334. The molecule has 1 aliphatic rings. The molecular formula is C11H17N3O. The second kappa shape index (κ2) is 4.14. The summed E-state index contributed by atoms with van der Waals surface area (Å²) in [5.41, 5.74) is -0.0289. The normalized spacial score (nSPS) is 25.5. The minimum atomic E-state index is -0.0289. The molecule has 15 heavy (non-hydrogen) atoms. The molecule has 0 radical (unpaired) electrons. The Morgan fingerprint density at radius 2 is 2.47 bits per heavy atom. The van der Waals surface area contributed by atoms with Crippen LogP contribution in [0.5, 0.6) is 0 Å². The van der Waals surface area contributed by atoms with Crippen LogP contribution in [-0.4, -0.2) is 28.7 Å². The summed E-state index contributed by atoms with van der Waals surface area (Å²) in [7, 11) is 0. The van der Waals surface area contributed by atoms with Crippen LogP contribution >= 0.6 is 0 Å². The van der Waals surface area contributed by atoms with Gasteiger partial charge in [0.2, 0.25) is 0 Å². The predicted molar refractivity (Wildman–Crippen MR) is 58.8 cm³/mol. The van der Waals surface area contributed by atoms with Crippen molar-refractivity contribution in [1.29, 1.82) is 0 Å². The third kappa shape index (κ3) is 2.65. The van der Waals surface area contributed by atoms with Gasteiger partial charge >= 0.3 is 0 Å². The largest absolute Gasteiger partial charge is 0.373 e. The van der Waals surface area contributed by atoms with E-state index in [1.807, 2.05) is 13.0 Å². The molecule has 4 heteroatoms. The SMILES string of the molecule is Cc1nccc(NCC2(C)CCCO2)n1. The lowest BCUT2D eigenvalue weighted by atomic mass is 10.0. The van der Waals surface area contributed by atoms with Crippen molar-refractivity contribution >= 4 is 5.82 Å². The maximum Gasteiger partial charge on any atom is 0.129 e. The molecule has 0 spiro atoms. The lowest BCUT2D eigenvalue weighted by Crippen LogP contribution is -2.32. The molecule has 1 fully saturated rings. The first-order valence-corrected chi connectivity index (χ1v) is 5.35. The van der Waals surface area contributed by atoms with Gasteiger partial charge < -0.3 is 10.1 Å². The van der Waals surface area contributed by atoms with E-state index in [9.17, 15) is 0 Å². The Balaban J connectivity index is 1.92. The number of ether oxygens (including phenoxy) is 1. The Hall–Kier alpha value is -1.16. The average molecular weight is 207 g/mol. The molecule has 1 aromatic heterocycles. The molecule has 0 bridgehead atoms. The van der Waals surface area contributed by atoms with Gasteiger partial charge in [-0.15, -0.1) is 0 Å². The van der Waals surface area contributed by atoms with Gasteiger partial charge in [0.1, 0.15) is 11.6 Å². The first-order chi connectivity index (χ1) is 7.18. The smallest absolute Gasteiger partial charge is 0.129 e. The molecule has 1 saturated heterocycles. The summed E-state index contributed by atoms with van der Waals surface area (Å²) < 4.78 is 5.69. The van der Waals surface area contributed by atoms with Crippen LogP contribution < -0.4 is 5.32 Å². The minimum absolute atomic E-state index is 0.0289. The maximum absolute atomic E-state index is 5.69. The summed E-state index contributed by atoms with van der Waals surface area (Å²) in [4.78, 5) is 8.34. The van der Waals surface area contributed by atoms with Gasteiger partial charge in [-0.1, -0.05) is 0 Å². The molecule has 2 rings (SSSR count). The van der Waals surface area contributed by atoms with Gasteiger partial charge in [0.15, 0.2) is 0 Å². The second-order valence-electron chi connectivity index (χ2n) is 4.24. The van der Waals surface area contributed by atoms with E-state index in [1.54, 1.807) is 6.20 Å². The standard InChI is InChI=1S/C11H17N3O/c1-9-12-6-4-10(14-9)13-8-11(2)5-3-7-15-11/h4,6H,3,5,7-8H2,1-2H3,(H,12,13,14). The van der Waals surface area contributed by atoms with Crippen LogP contribution in [0.15, 0.2) is 12.3 Å². The summed E-state index contributed by atoms with van der Waals surface area (Å²) >= 11 is 0. The number of nitrogens with one attached hydrogen (secondary N) is 1. The van der Waals surface area contributed by atoms with Crippen molar-refractivity contribution in [1.82, 2.24) is 9.97 Å². The zero-order valence-electron chi connectivity index (χ0n) is 9.29. The van der Waals surface area contributed by atoms with E-state index in [2.05, 4.69) is 22.2 Å². The van der Waals surface area contributed by atoms with Crippen LogP contribution in [0.2, 0.25) is 0 Å². The quantitative estimate of drug-likeness (QED) is 0.820.